The van der Waals surface area contributed by atoms with Crippen molar-refractivity contribution in [2.75, 3.05) is 25.5 Å². The Balaban J connectivity index is 1.40. The summed E-state index contributed by atoms with van der Waals surface area (Å²) in [7, 11) is 1.61. The number of carbonyl (C=O) groups excluding carboxylic acids is 1. The molecule has 1 aliphatic heterocycles. The van der Waals surface area contributed by atoms with E-state index in [1.165, 1.54) is 11.1 Å². The number of rotatable bonds is 6. The summed E-state index contributed by atoms with van der Waals surface area (Å²) in [4.78, 5) is 19.9. The van der Waals surface area contributed by atoms with Crippen LogP contribution >= 0.6 is 0 Å². The van der Waals surface area contributed by atoms with Crippen LogP contribution in [0.15, 0.2) is 97.3 Å². The molecule has 0 saturated carbocycles. The van der Waals surface area contributed by atoms with Crippen LogP contribution in [-0.2, 0) is 12.0 Å². The van der Waals surface area contributed by atoms with Crippen LogP contribution in [0.25, 0.3) is 0 Å². The number of nitrogens with one attached hydrogen (secondary N) is 1. The van der Waals surface area contributed by atoms with Crippen molar-refractivity contribution in [1.29, 1.82) is 0 Å². The van der Waals surface area contributed by atoms with Gasteiger partial charge in [0, 0.05) is 32.0 Å². The van der Waals surface area contributed by atoms with Crippen molar-refractivity contribution in [3.8, 4) is 5.75 Å². The Morgan fingerprint density at radius 3 is 2.31 bits per heavy atom. The summed E-state index contributed by atoms with van der Waals surface area (Å²) in [6.07, 6.45) is 5.54. The number of methoxy groups -OCH3 is 1. The quantitative estimate of drug-likeness (QED) is 0.405. The second-order valence-corrected chi connectivity index (χ2v) is 8.93. The molecule has 0 aliphatic carbocycles. The first-order chi connectivity index (χ1) is 17.2. The molecule has 2 heterocycles. The molecule has 1 fully saturated rings. The standard InChI is InChI=1S/C29H30N4O2/c1-35-26-15-9-8-14-25(26)31-28(34)32-19-16-29(17-20-32,24-12-6-3-7-13-24)27-30-18-21-33(27)22-23-10-4-2-5-11-23/h2-15,18,21H,16-17,19-20,22H2,1H3,(H,31,34). The lowest BCUT2D eigenvalue weighted by molar-refractivity contribution is 0.176. The number of amides is 2. The normalized spacial score (nSPS) is 14.9. The Morgan fingerprint density at radius 1 is 0.943 bits per heavy atom. The number of aromatic nitrogens is 2. The summed E-state index contributed by atoms with van der Waals surface area (Å²) in [6.45, 7) is 2.03. The Morgan fingerprint density at radius 2 is 1.60 bits per heavy atom. The van der Waals surface area contributed by atoms with E-state index in [-0.39, 0.29) is 11.4 Å². The number of benzene rings is 3. The van der Waals surface area contributed by atoms with Gasteiger partial charge in [0.15, 0.2) is 0 Å². The van der Waals surface area contributed by atoms with Crippen LogP contribution in [-0.4, -0.2) is 40.7 Å². The lowest BCUT2D eigenvalue weighted by Gasteiger charge is -2.42. The van der Waals surface area contributed by atoms with Gasteiger partial charge in [-0.05, 0) is 36.1 Å². The van der Waals surface area contributed by atoms with Gasteiger partial charge in [-0.3, -0.25) is 0 Å². The van der Waals surface area contributed by atoms with Crippen molar-refractivity contribution in [2.45, 2.75) is 24.8 Å². The van der Waals surface area contributed by atoms with Gasteiger partial charge in [-0.2, -0.15) is 0 Å². The summed E-state index contributed by atoms with van der Waals surface area (Å²) < 4.78 is 7.65. The topological polar surface area (TPSA) is 59.4 Å². The number of nitrogens with zero attached hydrogens (tertiary/aromatic N) is 3. The Hall–Kier alpha value is -4.06. The molecule has 4 aromatic rings. The first-order valence-electron chi connectivity index (χ1n) is 12.0. The number of hydrogen-bond donors (Lipinski definition) is 1. The fraction of sp³-hybridized carbons (Fsp3) is 0.241. The van der Waals surface area contributed by atoms with E-state index in [4.69, 9.17) is 9.72 Å². The van der Waals surface area contributed by atoms with Crippen LogP contribution in [0.2, 0.25) is 0 Å². The molecule has 0 unspecified atom stereocenters. The molecule has 0 bridgehead atoms. The number of ether oxygens (including phenoxy) is 1. The highest BCUT2D eigenvalue weighted by Crippen LogP contribution is 2.41. The molecule has 6 heteroatoms. The zero-order chi connectivity index (χ0) is 24.1. The first kappa shape index (κ1) is 22.7. The average molecular weight is 467 g/mol. The minimum Gasteiger partial charge on any atom is -0.495 e. The summed E-state index contributed by atoms with van der Waals surface area (Å²) in [5.74, 6) is 1.71. The molecule has 35 heavy (non-hydrogen) atoms. The third kappa shape index (κ3) is 4.64. The Bertz CT molecular complexity index is 1260. The highest BCUT2D eigenvalue weighted by atomic mass is 16.5. The maximum absolute atomic E-state index is 13.1. The molecule has 6 nitrogen and oxygen atoms in total. The largest absolute Gasteiger partial charge is 0.495 e. The van der Waals surface area contributed by atoms with E-state index in [0.717, 1.165) is 25.2 Å². The molecule has 3 aromatic carbocycles. The Kier molecular flexibility index (Phi) is 6.53. The lowest BCUT2D eigenvalue weighted by atomic mass is 9.72. The second-order valence-electron chi connectivity index (χ2n) is 8.93. The number of hydrogen-bond acceptors (Lipinski definition) is 3. The summed E-state index contributed by atoms with van der Waals surface area (Å²) in [5, 5.41) is 3.02. The maximum Gasteiger partial charge on any atom is 0.321 e. The summed E-state index contributed by atoms with van der Waals surface area (Å²) in [5.41, 5.74) is 2.90. The average Bonchev–Trinajstić information content (AvgIpc) is 3.38. The molecule has 178 valence electrons. The minimum atomic E-state index is -0.263. The Labute approximate surface area is 206 Å². The maximum atomic E-state index is 13.1. The molecule has 0 atom stereocenters. The first-order valence-corrected chi connectivity index (χ1v) is 12.0. The van der Waals surface area contributed by atoms with Gasteiger partial charge in [-0.15, -0.1) is 0 Å². The molecular formula is C29H30N4O2. The van der Waals surface area contributed by atoms with E-state index >= 15 is 0 Å². The van der Waals surface area contributed by atoms with Crippen molar-refractivity contribution in [2.24, 2.45) is 0 Å². The van der Waals surface area contributed by atoms with E-state index in [9.17, 15) is 4.79 Å². The molecule has 0 radical (unpaired) electrons. The van der Waals surface area contributed by atoms with E-state index in [0.29, 0.717) is 24.5 Å². The molecule has 0 spiro atoms. The van der Waals surface area contributed by atoms with Crippen LogP contribution in [0.4, 0.5) is 10.5 Å². The molecule has 1 N–H and O–H groups in total. The van der Waals surface area contributed by atoms with Gasteiger partial charge < -0.3 is 19.5 Å². The zero-order valence-corrected chi connectivity index (χ0v) is 19.9. The number of likely N-dealkylation sites (tertiary alicyclic amines) is 1. The van der Waals surface area contributed by atoms with Crippen molar-refractivity contribution >= 4 is 11.7 Å². The third-order valence-electron chi connectivity index (χ3n) is 6.92. The molecule has 1 aliphatic rings. The summed E-state index contributed by atoms with van der Waals surface area (Å²) >= 11 is 0. The molecule has 1 aromatic heterocycles. The number of imidazole rings is 1. The highest BCUT2D eigenvalue weighted by Gasteiger charge is 2.42. The van der Waals surface area contributed by atoms with E-state index < -0.39 is 0 Å². The smallest absolute Gasteiger partial charge is 0.321 e. The fourth-order valence-electron chi connectivity index (χ4n) is 5.07. The van der Waals surface area contributed by atoms with Crippen molar-refractivity contribution in [3.05, 3.63) is 114 Å². The molecule has 5 rings (SSSR count). The van der Waals surface area contributed by atoms with Crippen molar-refractivity contribution in [1.82, 2.24) is 14.5 Å². The van der Waals surface area contributed by atoms with Crippen LogP contribution in [0.5, 0.6) is 5.75 Å². The highest BCUT2D eigenvalue weighted by molar-refractivity contribution is 5.91. The van der Waals surface area contributed by atoms with Gasteiger partial charge in [0.05, 0.1) is 18.2 Å². The van der Waals surface area contributed by atoms with Gasteiger partial charge in [-0.1, -0.05) is 72.8 Å². The number of carbonyl (C=O) groups is 1. The van der Waals surface area contributed by atoms with Crippen LogP contribution < -0.4 is 10.1 Å². The van der Waals surface area contributed by atoms with Crippen LogP contribution in [0.3, 0.4) is 0 Å². The predicted octanol–water partition coefficient (Wildman–Crippen LogP) is 5.55. The van der Waals surface area contributed by atoms with E-state index in [1.54, 1.807) is 7.11 Å². The molecule has 1 saturated heterocycles. The minimum absolute atomic E-state index is 0.108. The number of urea groups is 1. The van der Waals surface area contributed by atoms with Crippen LogP contribution in [0, 0.1) is 0 Å². The number of para-hydroxylation sites is 2. The van der Waals surface area contributed by atoms with Gasteiger partial charge >= 0.3 is 6.03 Å². The lowest BCUT2D eigenvalue weighted by Crippen LogP contribution is -2.48. The fourth-order valence-corrected chi connectivity index (χ4v) is 5.07. The van der Waals surface area contributed by atoms with E-state index in [1.807, 2.05) is 47.5 Å². The molecule has 2 amide bonds. The van der Waals surface area contributed by atoms with Gasteiger partial charge in [0.2, 0.25) is 0 Å². The second kappa shape index (κ2) is 10.1. The monoisotopic (exact) mass is 466 g/mol. The number of anilines is 1. The summed E-state index contributed by atoms with van der Waals surface area (Å²) in [6, 6.07) is 28.4. The predicted molar refractivity (Wildman–Crippen MR) is 138 cm³/mol. The van der Waals surface area contributed by atoms with Gasteiger partial charge in [0.1, 0.15) is 11.6 Å². The van der Waals surface area contributed by atoms with Crippen LogP contribution in [0.1, 0.15) is 29.8 Å². The van der Waals surface area contributed by atoms with Crippen molar-refractivity contribution in [3.63, 3.8) is 0 Å². The zero-order valence-electron chi connectivity index (χ0n) is 19.9. The van der Waals surface area contributed by atoms with Gasteiger partial charge in [0.25, 0.3) is 0 Å². The van der Waals surface area contributed by atoms with E-state index in [2.05, 4.69) is 64.6 Å². The SMILES string of the molecule is COc1ccccc1NC(=O)N1CCC(c2ccccc2)(c2nccn2Cc2ccccc2)CC1. The third-order valence-corrected chi connectivity index (χ3v) is 6.92. The van der Waals surface area contributed by atoms with Gasteiger partial charge in [-0.25, -0.2) is 9.78 Å². The molecular weight excluding hydrogens is 436 g/mol. The van der Waals surface area contributed by atoms with Crippen molar-refractivity contribution < 1.29 is 9.53 Å². The number of piperidine rings is 1.